The molecule has 2 N–H and O–H groups in total. The Kier molecular flexibility index (Phi) is 3.90. The highest BCUT2D eigenvalue weighted by atomic mass is 35.5. The van der Waals surface area contributed by atoms with Crippen molar-refractivity contribution in [3.05, 3.63) is 58.6 Å². The lowest BCUT2D eigenvalue weighted by atomic mass is 10.1. The van der Waals surface area contributed by atoms with Crippen molar-refractivity contribution in [2.45, 2.75) is 19.9 Å². The van der Waals surface area contributed by atoms with Gasteiger partial charge in [-0.25, -0.2) is 0 Å². The zero-order chi connectivity index (χ0) is 13.1. The van der Waals surface area contributed by atoms with E-state index in [4.69, 9.17) is 22.1 Å². The molecule has 0 saturated heterocycles. The second kappa shape index (κ2) is 5.42. The lowest BCUT2D eigenvalue weighted by Crippen LogP contribution is -2.04. The molecule has 0 saturated carbocycles. The maximum absolute atomic E-state index is 6.10. The summed E-state index contributed by atoms with van der Waals surface area (Å²) in [7, 11) is 0. The van der Waals surface area contributed by atoms with Crippen LogP contribution in [0.4, 0.5) is 0 Å². The Bertz CT molecular complexity index is 552. The smallest absolute Gasteiger partial charge is 0.146 e. The van der Waals surface area contributed by atoms with Gasteiger partial charge in [0.15, 0.2) is 0 Å². The maximum atomic E-state index is 6.10. The van der Waals surface area contributed by atoms with Crippen LogP contribution in [0.2, 0.25) is 5.02 Å². The molecule has 0 aliphatic heterocycles. The van der Waals surface area contributed by atoms with Gasteiger partial charge in [0.25, 0.3) is 0 Å². The molecule has 3 heteroatoms. The Balaban J connectivity index is 2.28. The first-order valence-corrected chi connectivity index (χ1v) is 6.23. The van der Waals surface area contributed by atoms with Crippen LogP contribution < -0.4 is 10.5 Å². The van der Waals surface area contributed by atoms with Crippen molar-refractivity contribution in [1.82, 2.24) is 0 Å². The zero-order valence-corrected chi connectivity index (χ0v) is 11.2. The Labute approximate surface area is 112 Å². The first kappa shape index (κ1) is 12.9. The van der Waals surface area contributed by atoms with Crippen molar-refractivity contribution >= 4 is 11.6 Å². The largest absolute Gasteiger partial charge is 0.456 e. The van der Waals surface area contributed by atoms with Gasteiger partial charge in [0.05, 0.1) is 5.02 Å². The normalized spacial score (nSPS) is 12.2. The summed E-state index contributed by atoms with van der Waals surface area (Å²) in [5.41, 5.74) is 8.00. The molecule has 0 radical (unpaired) electrons. The SMILES string of the molecule is Cc1ccc(Cl)c(Oc2cccc(C(C)N)c2)c1. The summed E-state index contributed by atoms with van der Waals surface area (Å²) in [5, 5.41) is 0.604. The van der Waals surface area contributed by atoms with Gasteiger partial charge < -0.3 is 10.5 Å². The average Bonchev–Trinajstić information content (AvgIpc) is 2.34. The Morgan fingerprint density at radius 3 is 2.67 bits per heavy atom. The van der Waals surface area contributed by atoms with Crippen LogP contribution in [0.15, 0.2) is 42.5 Å². The number of ether oxygens (including phenoxy) is 1. The Hall–Kier alpha value is -1.51. The summed E-state index contributed by atoms with van der Waals surface area (Å²) < 4.78 is 5.79. The fraction of sp³-hybridized carbons (Fsp3) is 0.200. The number of hydrogen-bond donors (Lipinski definition) is 1. The Morgan fingerprint density at radius 1 is 1.17 bits per heavy atom. The molecule has 94 valence electrons. The van der Waals surface area contributed by atoms with E-state index in [1.54, 1.807) is 0 Å². The first-order chi connectivity index (χ1) is 8.56. The molecule has 1 atom stereocenters. The fourth-order valence-corrected chi connectivity index (χ4v) is 1.83. The second-order valence-corrected chi connectivity index (χ2v) is 4.80. The number of benzene rings is 2. The maximum Gasteiger partial charge on any atom is 0.146 e. The van der Waals surface area contributed by atoms with E-state index in [1.807, 2.05) is 56.3 Å². The van der Waals surface area contributed by atoms with Crippen molar-refractivity contribution in [1.29, 1.82) is 0 Å². The van der Waals surface area contributed by atoms with Crippen LogP contribution in [0.5, 0.6) is 11.5 Å². The van der Waals surface area contributed by atoms with Gasteiger partial charge in [-0.05, 0) is 49.2 Å². The molecule has 0 aliphatic carbocycles. The van der Waals surface area contributed by atoms with Gasteiger partial charge in [0.1, 0.15) is 11.5 Å². The minimum atomic E-state index is -0.0125. The van der Waals surface area contributed by atoms with Crippen molar-refractivity contribution in [2.75, 3.05) is 0 Å². The van der Waals surface area contributed by atoms with Gasteiger partial charge in [-0.3, -0.25) is 0 Å². The van der Waals surface area contributed by atoms with Crippen LogP contribution in [-0.4, -0.2) is 0 Å². The van der Waals surface area contributed by atoms with Gasteiger partial charge in [0.2, 0.25) is 0 Å². The molecule has 0 bridgehead atoms. The first-order valence-electron chi connectivity index (χ1n) is 5.86. The molecule has 18 heavy (non-hydrogen) atoms. The molecule has 2 nitrogen and oxygen atoms in total. The van der Waals surface area contributed by atoms with Crippen molar-refractivity contribution < 1.29 is 4.74 Å². The molecule has 0 aromatic heterocycles. The minimum absolute atomic E-state index is 0.0125. The summed E-state index contributed by atoms with van der Waals surface area (Å²) >= 11 is 6.10. The predicted molar refractivity (Wildman–Crippen MR) is 75.3 cm³/mol. The van der Waals surface area contributed by atoms with Crippen molar-refractivity contribution in [3.8, 4) is 11.5 Å². The van der Waals surface area contributed by atoms with Crippen LogP contribution in [-0.2, 0) is 0 Å². The van der Waals surface area contributed by atoms with Gasteiger partial charge in [0, 0.05) is 6.04 Å². The predicted octanol–water partition coefficient (Wildman–Crippen LogP) is 4.46. The van der Waals surface area contributed by atoms with Crippen molar-refractivity contribution in [2.24, 2.45) is 5.73 Å². The third-order valence-electron chi connectivity index (χ3n) is 2.70. The van der Waals surface area contributed by atoms with E-state index in [-0.39, 0.29) is 6.04 Å². The van der Waals surface area contributed by atoms with E-state index < -0.39 is 0 Å². The monoisotopic (exact) mass is 261 g/mol. The van der Waals surface area contributed by atoms with E-state index in [2.05, 4.69) is 0 Å². The summed E-state index contributed by atoms with van der Waals surface area (Å²) in [5.74, 6) is 1.41. The van der Waals surface area contributed by atoms with Gasteiger partial charge in [-0.1, -0.05) is 29.8 Å². The molecule has 2 aromatic carbocycles. The molecule has 1 unspecified atom stereocenters. The molecule has 2 rings (SSSR count). The highest BCUT2D eigenvalue weighted by molar-refractivity contribution is 6.32. The highest BCUT2D eigenvalue weighted by Gasteiger charge is 2.05. The molecular formula is C15H16ClNO. The van der Waals surface area contributed by atoms with Gasteiger partial charge in [-0.15, -0.1) is 0 Å². The van der Waals surface area contributed by atoms with Gasteiger partial charge in [-0.2, -0.15) is 0 Å². The average molecular weight is 262 g/mol. The number of halogens is 1. The number of aryl methyl sites for hydroxylation is 1. The molecular weight excluding hydrogens is 246 g/mol. The van der Waals surface area contributed by atoms with E-state index in [0.717, 1.165) is 16.9 Å². The van der Waals surface area contributed by atoms with Crippen LogP contribution in [0.25, 0.3) is 0 Å². The molecule has 0 aliphatic rings. The third kappa shape index (κ3) is 3.03. The van der Waals surface area contributed by atoms with Crippen molar-refractivity contribution in [3.63, 3.8) is 0 Å². The lowest BCUT2D eigenvalue weighted by Gasteiger charge is -2.11. The Morgan fingerprint density at radius 2 is 1.94 bits per heavy atom. The standard InChI is InChI=1S/C15H16ClNO/c1-10-6-7-14(16)15(8-10)18-13-5-3-4-12(9-13)11(2)17/h3-9,11H,17H2,1-2H3. The molecule has 0 amide bonds. The summed E-state index contributed by atoms with van der Waals surface area (Å²) in [6.45, 7) is 3.94. The van der Waals surface area contributed by atoms with E-state index in [9.17, 15) is 0 Å². The molecule has 0 heterocycles. The van der Waals surface area contributed by atoms with E-state index >= 15 is 0 Å². The van der Waals surface area contributed by atoms with E-state index in [0.29, 0.717) is 10.8 Å². The van der Waals surface area contributed by atoms with E-state index in [1.165, 1.54) is 0 Å². The lowest BCUT2D eigenvalue weighted by molar-refractivity contribution is 0.481. The van der Waals surface area contributed by atoms with Crippen LogP contribution in [0.1, 0.15) is 24.1 Å². The summed E-state index contributed by atoms with van der Waals surface area (Å²) in [6.07, 6.45) is 0. The van der Waals surface area contributed by atoms with Gasteiger partial charge >= 0.3 is 0 Å². The minimum Gasteiger partial charge on any atom is -0.456 e. The molecule has 0 fully saturated rings. The quantitative estimate of drug-likeness (QED) is 0.885. The number of rotatable bonds is 3. The number of nitrogens with two attached hydrogens (primary N) is 1. The van der Waals surface area contributed by atoms with Crippen LogP contribution in [0.3, 0.4) is 0 Å². The third-order valence-corrected chi connectivity index (χ3v) is 3.01. The summed E-state index contributed by atoms with van der Waals surface area (Å²) in [6, 6.07) is 13.4. The van der Waals surface area contributed by atoms with Crippen LogP contribution in [0, 0.1) is 6.92 Å². The highest BCUT2D eigenvalue weighted by Crippen LogP contribution is 2.30. The number of hydrogen-bond acceptors (Lipinski definition) is 2. The zero-order valence-electron chi connectivity index (χ0n) is 10.5. The molecule has 0 spiro atoms. The van der Waals surface area contributed by atoms with Crippen LogP contribution >= 0.6 is 11.6 Å². The molecule has 2 aromatic rings. The topological polar surface area (TPSA) is 35.2 Å². The summed E-state index contributed by atoms with van der Waals surface area (Å²) in [4.78, 5) is 0. The fourth-order valence-electron chi connectivity index (χ4n) is 1.68. The second-order valence-electron chi connectivity index (χ2n) is 4.40.